The largest absolute Gasteiger partial charge is 0.316 e. The highest BCUT2D eigenvalue weighted by atomic mass is 32.1. The first-order valence-electron chi connectivity index (χ1n) is 6.50. The number of piperidine rings is 1. The van der Waals surface area contributed by atoms with Crippen molar-refractivity contribution in [2.24, 2.45) is 0 Å². The first-order valence-corrected chi connectivity index (χ1v) is 7.38. The molecule has 0 bridgehead atoms. The molecule has 0 saturated carbocycles. The van der Waals surface area contributed by atoms with Crippen molar-refractivity contribution in [2.75, 3.05) is 13.1 Å². The smallest absolute Gasteiger partial charge is 0.0794 e. The van der Waals surface area contributed by atoms with Gasteiger partial charge in [0.25, 0.3) is 0 Å². The molecular weight excluding hydrogens is 240 g/mol. The molecule has 1 fully saturated rings. The van der Waals surface area contributed by atoms with E-state index in [2.05, 4.69) is 41.5 Å². The molecule has 94 valence electrons. The van der Waals surface area contributed by atoms with Gasteiger partial charge < -0.3 is 5.32 Å². The summed E-state index contributed by atoms with van der Waals surface area (Å²) in [6, 6.07) is 8.93. The molecule has 2 heterocycles. The van der Waals surface area contributed by atoms with Crippen molar-refractivity contribution in [1.82, 2.24) is 10.3 Å². The number of aryl methyl sites for hydroxylation is 1. The zero-order valence-corrected chi connectivity index (χ0v) is 11.4. The van der Waals surface area contributed by atoms with Gasteiger partial charge in [0.2, 0.25) is 0 Å². The zero-order chi connectivity index (χ0) is 12.4. The van der Waals surface area contributed by atoms with Gasteiger partial charge in [0.05, 0.1) is 5.51 Å². The number of nitrogens with one attached hydrogen (secondary N) is 1. The Labute approximate surface area is 112 Å². The number of nitrogens with zero attached hydrogens (tertiary/aromatic N) is 1. The van der Waals surface area contributed by atoms with Crippen LogP contribution < -0.4 is 5.32 Å². The predicted octanol–water partition coefficient (Wildman–Crippen LogP) is 3.31. The normalized spacial score (nSPS) is 24.1. The summed E-state index contributed by atoms with van der Waals surface area (Å²) in [5.41, 5.74) is 4.76. The summed E-state index contributed by atoms with van der Waals surface area (Å²) in [5, 5.41) is 3.53. The highest BCUT2D eigenvalue weighted by Gasteiger charge is 2.28. The average Bonchev–Trinajstić information content (AvgIpc) is 2.92. The average molecular weight is 258 g/mol. The van der Waals surface area contributed by atoms with Gasteiger partial charge in [0.15, 0.2) is 0 Å². The molecule has 2 unspecified atom stereocenters. The fourth-order valence-electron chi connectivity index (χ4n) is 2.86. The second-order valence-electron chi connectivity index (χ2n) is 5.02. The molecule has 1 aromatic carbocycles. The monoisotopic (exact) mass is 258 g/mol. The molecule has 3 rings (SSSR count). The van der Waals surface area contributed by atoms with E-state index in [0.717, 1.165) is 13.1 Å². The van der Waals surface area contributed by atoms with E-state index in [4.69, 9.17) is 0 Å². The van der Waals surface area contributed by atoms with Gasteiger partial charge in [-0.25, -0.2) is 0 Å². The van der Waals surface area contributed by atoms with Crippen LogP contribution in [-0.4, -0.2) is 18.1 Å². The molecule has 1 aliphatic rings. The lowest BCUT2D eigenvalue weighted by Crippen LogP contribution is -2.33. The van der Waals surface area contributed by atoms with Gasteiger partial charge in [-0.2, -0.15) is 0 Å². The van der Waals surface area contributed by atoms with E-state index in [-0.39, 0.29) is 0 Å². The molecule has 2 aromatic rings. The SMILES string of the molecule is Cc1cccc(C2CNCCC2c2cncs2)c1. The number of rotatable bonds is 2. The van der Waals surface area contributed by atoms with Crippen LogP contribution in [0.1, 0.15) is 34.3 Å². The van der Waals surface area contributed by atoms with Gasteiger partial charge in [-0.15, -0.1) is 11.3 Å². The van der Waals surface area contributed by atoms with E-state index in [0.29, 0.717) is 11.8 Å². The minimum Gasteiger partial charge on any atom is -0.316 e. The van der Waals surface area contributed by atoms with Crippen molar-refractivity contribution in [3.8, 4) is 0 Å². The van der Waals surface area contributed by atoms with Crippen LogP contribution in [0.25, 0.3) is 0 Å². The first-order chi connectivity index (χ1) is 8.84. The summed E-state index contributed by atoms with van der Waals surface area (Å²) in [6.07, 6.45) is 3.25. The third-order valence-electron chi connectivity index (χ3n) is 3.77. The topological polar surface area (TPSA) is 24.9 Å². The van der Waals surface area contributed by atoms with E-state index in [1.165, 1.54) is 22.4 Å². The second-order valence-corrected chi connectivity index (χ2v) is 5.94. The molecular formula is C15H18N2S. The Morgan fingerprint density at radius 3 is 3.06 bits per heavy atom. The van der Waals surface area contributed by atoms with Crippen molar-refractivity contribution in [3.63, 3.8) is 0 Å². The summed E-state index contributed by atoms with van der Waals surface area (Å²) < 4.78 is 0. The molecule has 2 atom stereocenters. The molecule has 3 heteroatoms. The Morgan fingerprint density at radius 2 is 2.28 bits per heavy atom. The van der Waals surface area contributed by atoms with E-state index in [1.54, 1.807) is 11.3 Å². The molecule has 1 saturated heterocycles. The Hall–Kier alpha value is -1.19. The Bertz CT molecular complexity index is 507. The van der Waals surface area contributed by atoms with Crippen molar-refractivity contribution in [2.45, 2.75) is 25.2 Å². The first kappa shape index (κ1) is 11.9. The summed E-state index contributed by atoms with van der Waals surface area (Å²) in [6.45, 7) is 4.36. The maximum absolute atomic E-state index is 4.24. The van der Waals surface area contributed by atoms with Gasteiger partial charge in [-0.1, -0.05) is 29.8 Å². The molecule has 0 radical (unpaired) electrons. The van der Waals surface area contributed by atoms with Crippen molar-refractivity contribution < 1.29 is 0 Å². The van der Waals surface area contributed by atoms with E-state index in [9.17, 15) is 0 Å². The van der Waals surface area contributed by atoms with Crippen LogP contribution in [0.15, 0.2) is 36.0 Å². The number of thiazole rings is 1. The maximum atomic E-state index is 4.24. The van der Waals surface area contributed by atoms with E-state index in [1.807, 2.05) is 11.7 Å². The van der Waals surface area contributed by atoms with Crippen LogP contribution in [0.4, 0.5) is 0 Å². The number of hydrogen-bond acceptors (Lipinski definition) is 3. The Morgan fingerprint density at radius 1 is 1.33 bits per heavy atom. The van der Waals surface area contributed by atoms with Crippen molar-refractivity contribution >= 4 is 11.3 Å². The summed E-state index contributed by atoms with van der Waals surface area (Å²) >= 11 is 1.79. The molecule has 1 N–H and O–H groups in total. The highest BCUT2D eigenvalue weighted by molar-refractivity contribution is 7.09. The van der Waals surface area contributed by atoms with Gasteiger partial charge >= 0.3 is 0 Å². The molecule has 1 aromatic heterocycles. The number of hydrogen-bond donors (Lipinski definition) is 1. The quantitative estimate of drug-likeness (QED) is 0.894. The Kier molecular flexibility index (Phi) is 3.43. The van der Waals surface area contributed by atoms with Crippen LogP contribution in [0.3, 0.4) is 0 Å². The molecule has 0 amide bonds. The molecule has 18 heavy (non-hydrogen) atoms. The minimum atomic E-state index is 0.582. The minimum absolute atomic E-state index is 0.582. The van der Waals surface area contributed by atoms with Crippen LogP contribution in [0, 0.1) is 6.92 Å². The van der Waals surface area contributed by atoms with Gasteiger partial charge in [0, 0.05) is 29.5 Å². The number of benzene rings is 1. The lowest BCUT2D eigenvalue weighted by molar-refractivity contribution is 0.408. The maximum Gasteiger partial charge on any atom is 0.0794 e. The van der Waals surface area contributed by atoms with Gasteiger partial charge in [-0.05, 0) is 25.5 Å². The predicted molar refractivity (Wildman–Crippen MR) is 76.3 cm³/mol. The zero-order valence-electron chi connectivity index (χ0n) is 10.6. The standard InChI is InChI=1S/C15H18N2S/c1-11-3-2-4-12(7-11)14-8-16-6-5-13(14)15-9-17-10-18-15/h2-4,7,9-10,13-14,16H,5-6,8H2,1H3. The Balaban J connectivity index is 1.93. The van der Waals surface area contributed by atoms with Crippen LogP contribution in [0.5, 0.6) is 0 Å². The fraction of sp³-hybridized carbons (Fsp3) is 0.400. The van der Waals surface area contributed by atoms with E-state index < -0.39 is 0 Å². The van der Waals surface area contributed by atoms with Crippen LogP contribution in [0.2, 0.25) is 0 Å². The molecule has 1 aliphatic heterocycles. The third-order valence-corrected chi connectivity index (χ3v) is 4.68. The summed E-state index contributed by atoms with van der Waals surface area (Å²) in [4.78, 5) is 5.67. The fourth-order valence-corrected chi connectivity index (χ4v) is 3.68. The second kappa shape index (κ2) is 5.21. The van der Waals surface area contributed by atoms with E-state index >= 15 is 0 Å². The highest BCUT2D eigenvalue weighted by Crippen LogP contribution is 2.38. The van der Waals surface area contributed by atoms with Crippen LogP contribution in [-0.2, 0) is 0 Å². The summed E-state index contributed by atoms with van der Waals surface area (Å²) in [5.74, 6) is 1.21. The van der Waals surface area contributed by atoms with Crippen molar-refractivity contribution in [3.05, 3.63) is 52.0 Å². The molecule has 0 aliphatic carbocycles. The van der Waals surface area contributed by atoms with Crippen LogP contribution >= 0.6 is 11.3 Å². The molecule has 2 nitrogen and oxygen atoms in total. The van der Waals surface area contributed by atoms with Crippen molar-refractivity contribution in [1.29, 1.82) is 0 Å². The number of aromatic nitrogens is 1. The summed E-state index contributed by atoms with van der Waals surface area (Å²) in [7, 11) is 0. The molecule has 0 spiro atoms. The third kappa shape index (κ3) is 2.33. The lowest BCUT2D eigenvalue weighted by atomic mass is 9.80. The van der Waals surface area contributed by atoms with Gasteiger partial charge in [-0.3, -0.25) is 4.98 Å². The lowest BCUT2D eigenvalue weighted by Gasteiger charge is -2.32. The van der Waals surface area contributed by atoms with Gasteiger partial charge in [0.1, 0.15) is 0 Å².